The molecule has 26 heavy (non-hydrogen) atoms. The predicted molar refractivity (Wildman–Crippen MR) is 105 cm³/mol. The third kappa shape index (κ3) is 1.95. The van der Waals surface area contributed by atoms with Crippen molar-refractivity contribution in [3.05, 3.63) is 70.8 Å². The summed E-state index contributed by atoms with van der Waals surface area (Å²) >= 11 is 13.6. The van der Waals surface area contributed by atoms with Crippen LogP contribution >= 0.6 is 23.2 Å². The van der Waals surface area contributed by atoms with E-state index in [1.807, 2.05) is 0 Å². The molecule has 2 saturated carbocycles. The summed E-state index contributed by atoms with van der Waals surface area (Å²) in [6.07, 6.45) is 2.22. The van der Waals surface area contributed by atoms with Gasteiger partial charge in [-0.15, -0.1) is 23.2 Å². The first kappa shape index (κ1) is 15.7. The number of nitrogens with zero attached hydrogens (tertiary/aromatic N) is 2. The van der Waals surface area contributed by atoms with Gasteiger partial charge in [0, 0.05) is 23.7 Å². The minimum atomic E-state index is 0.0540. The Morgan fingerprint density at radius 2 is 0.923 bits per heavy atom. The lowest BCUT2D eigenvalue weighted by Crippen LogP contribution is -2.28. The third-order valence-electron chi connectivity index (χ3n) is 7.18. The molecule has 0 spiro atoms. The molecular formula is C22H20Cl2N2. The van der Waals surface area contributed by atoms with Crippen molar-refractivity contribution >= 4 is 23.2 Å². The van der Waals surface area contributed by atoms with Gasteiger partial charge in [-0.25, -0.2) is 0 Å². The lowest BCUT2D eigenvalue weighted by Gasteiger charge is -2.28. The molecule has 4 heteroatoms. The van der Waals surface area contributed by atoms with Crippen LogP contribution in [0.15, 0.2) is 58.8 Å². The first-order valence-corrected chi connectivity index (χ1v) is 10.5. The predicted octanol–water partition coefficient (Wildman–Crippen LogP) is 5.96. The quantitative estimate of drug-likeness (QED) is 0.452. The zero-order valence-corrected chi connectivity index (χ0v) is 15.8. The van der Waals surface area contributed by atoms with Crippen molar-refractivity contribution in [1.29, 1.82) is 0 Å². The molecule has 0 radical (unpaired) electrons. The Morgan fingerprint density at radius 1 is 0.577 bits per heavy atom. The van der Waals surface area contributed by atoms with E-state index in [9.17, 15) is 0 Å². The molecule has 0 heterocycles. The summed E-state index contributed by atoms with van der Waals surface area (Å²) < 4.78 is 0. The van der Waals surface area contributed by atoms with Gasteiger partial charge < -0.3 is 0 Å². The largest absolute Gasteiger partial charge is 0.188 e. The van der Waals surface area contributed by atoms with E-state index >= 15 is 0 Å². The zero-order valence-electron chi connectivity index (χ0n) is 14.3. The summed E-state index contributed by atoms with van der Waals surface area (Å²) in [5.74, 6) is 1.69. The fourth-order valence-corrected chi connectivity index (χ4v) is 6.97. The summed E-state index contributed by atoms with van der Waals surface area (Å²) in [6, 6.07) is 17.6. The Hall–Kier alpha value is -1.38. The molecule has 0 amide bonds. The molecule has 2 nitrogen and oxygen atoms in total. The van der Waals surface area contributed by atoms with E-state index in [1.165, 1.54) is 22.3 Å². The molecule has 8 atom stereocenters. The summed E-state index contributed by atoms with van der Waals surface area (Å²) in [5.41, 5.74) is 5.71. The molecule has 8 unspecified atom stereocenters. The maximum atomic E-state index is 6.80. The molecule has 4 aliphatic rings. The van der Waals surface area contributed by atoms with E-state index in [0.29, 0.717) is 23.7 Å². The molecule has 4 bridgehead atoms. The molecule has 0 N–H and O–H groups in total. The van der Waals surface area contributed by atoms with Crippen LogP contribution in [-0.2, 0) is 0 Å². The van der Waals surface area contributed by atoms with Crippen LogP contribution in [0.1, 0.15) is 58.8 Å². The molecule has 2 aromatic carbocycles. The maximum absolute atomic E-state index is 6.80. The van der Waals surface area contributed by atoms with Crippen molar-refractivity contribution in [1.82, 2.24) is 0 Å². The van der Waals surface area contributed by atoms with Gasteiger partial charge in [0.1, 0.15) is 0 Å². The van der Waals surface area contributed by atoms with Gasteiger partial charge in [-0.05, 0) is 35.1 Å². The van der Waals surface area contributed by atoms with Gasteiger partial charge in [-0.1, -0.05) is 48.5 Å². The van der Waals surface area contributed by atoms with Gasteiger partial charge >= 0.3 is 0 Å². The molecule has 0 saturated heterocycles. The first-order chi connectivity index (χ1) is 12.7. The lowest BCUT2D eigenvalue weighted by atomic mass is 9.88. The van der Waals surface area contributed by atoms with E-state index in [2.05, 4.69) is 48.5 Å². The Labute approximate surface area is 163 Å². The Balaban J connectivity index is 1.30. The fourth-order valence-electron chi connectivity index (χ4n) is 6.04. The summed E-state index contributed by atoms with van der Waals surface area (Å²) in [4.78, 5) is 0. The van der Waals surface area contributed by atoms with Crippen LogP contribution in [0.2, 0.25) is 0 Å². The summed E-state index contributed by atoms with van der Waals surface area (Å²) in [5, 5.41) is 9.74. The number of halogens is 2. The van der Waals surface area contributed by atoms with Crippen molar-refractivity contribution in [2.45, 2.75) is 59.4 Å². The highest BCUT2D eigenvalue weighted by molar-refractivity contribution is 6.22. The van der Waals surface area contributed by atoms with Crippen LogP contribution in [0.4, 0.5) is 0 Å². The van der Waals surface area contributed by atoms with Crippen molar-refractivity contribution in [3.8, 4) is 0 Å². The normalized spacial score (nSPS) is 41.8. The zero-order chi connectivity index (χ0) is 17.4. The Kier molecular flexibility index (Phi) is 3.35. The number of fused-ring (bicyclic) bond motifs is 10. The van der Waals surface area contributed by atoms with E-state index in [-0.39, 0.29) is 22.8 Å². The number of azo groups is 1. The van der Waals surface area contributed by atoms with Gasteiger partial charge in [-0.2, -0.15) is 10.2 Å². The van der Waals surface area contributed by atoms with Crippen LogP contribution < -0.4 is 0 Å². The second-order valence-electron chi connectivity index (χ2n) is 8.26. The molecule has 0 aromatic heterocycles. The molecular weight excluding hydrogens is 363 g/mol. The number of hydrogen-bond acceptors (Lipinski definition) is 2. The molecule has 132 valence electrons. The fraction of sp³-hybridized carbons (Fsp3) is 0.455. The molecule has 2 fully saturated rings. The summed E-state index contributed by atoms with van der Waals surface area (Å²) in [6.45, 7) is 0. The van der Waals surface area contributed by atoms with Crippen LogP contribution in [0, 0.1) is 0 Å². The van der Waals surface area contributed by atoms with Gasteiger partial charge in [0.15, 0.2) is 0 Å². The van der Waals surface area contributed by atoms with Crippen molar-refractivity contribution in [2.75, 3.05) is 0 Å². The standard InChI is InChI=1S/C22H20Cl2N2/c23-19-15-9-17(13-7-3-1-5-11(13)15)21(19)25-26-22-18-10-16(20(22)24)12-6-2-4-8-14(12)18/h1-8,15-22H,9-10H2. The van der Waals surface area contributed by atoms with Gasteiger partial charge in [-0.3, -0.25) is 0 Å². The van der Waals surface area contributed by atoms with Crippen molar-refractivity contribution in [2.24, 2.45) is 10.2 Å². The van der Waals surface area contributed by atoms with E-state index in [0.717, 1.165) is 12.8 Å². The van der Waals surface area contributed by atoms with Crippen molar-refractivity contribution in [3.63, 3.8) is 0 Å². The van der Waals surface area contributed by atoms with Gasteiger partial charge in [0.25, 0.3) is 0 Å². The second-order valence-corrected chi connectivity index (χ2v) is 9.26. The molecule has 4 aliphatic carbocycles. The minimum Gasteiger partial charge on any atom is -0.188 e. The number of rotatable bonds is 2. The lowest BCUT2D eigenvalue weighted by molar-refractivity contribution is 0.511. The Morgan fingerprint density at radius 3 is 1.31 bits per heavy atom. The Bertz CT molecular complexity index is 837. The average Bonchev–Trinajstić information content (AvgIpc) is 3.39. The van der Waals surface area contributed by atoms with Crippen LogP contribution in [0.25, 0.3) is 0 Å². The molecule has 2 aromatic rings. The van der Waals surface area contributed by atoms with Crippen LogP contribution in [0.5, 0.6) is 0 Å². The highest BCUT2D eigenvalue weighted by Crippen LogP contribution is 2.58. The number of alkyl halides is 2. The maximum Gasteiger partial charge on any atom is 0.0946 e. The van der Waals surface area contributed by atoms with Crippen LogP contribution in [-0.4, -0.2) is 22.8 Å². The summed E-state index contributed by atoms with van der Waals surface area (Å²) in [7, 11) is 0. The molecule has 6 rings (SSSR count). The van der Waals surface area contributed by atoms with Gasteiger partial charge in [0.2, 0.25) is 0 Å². The van der Waals surface area contributed by atoms with Gasteiger partial charge in [0.05, 0.1) is 22.8 Å². The van der Waals surface area contributed by atoms with E-state index in [4.69, 9.17) is 33.4 Å². The third-order valence-corrected chi connectivity index (χ3v) is 8.31. The minimum absolute atomic E-state index is 0.0540. The van der Waals surface area contributed by atoms with E-state index in [1.54, 1.807) is 0 Å². The highest BCUT2D eigenvalue weighted by Gasteiger charge is 2.53. The average molecular weight is 383 g/mol. The monoisotopic (exact) mass is 382 g/mol. The number of benzene rings is 2. The number of hydrogen-bond donors (Lipinski definition) is 0. The highest BCUT2D eigenvalue weighted by atomic mass is 35.5. The van der Waals surface area contributed by atoms with Crippen molar-refractivity contribution < 1.29 is 0 Å². The molecule has 0 aliphatic heterocycles. The van der Waals surface area contributed by atoms with Crippen LogP contribution in [0.3, 0.4) is 0 Å². The second kappa shape index (κ2) is 5.56. The van der Waals surface area contributed by atoms with E-state index < -0.39 is 0 Å². The topological polar surface area (TPSA) is 24.7 Å². The SMILES string of the molecule is ClC1C2CC(c3ccccc32)C1N=NC1C2CC(c3ccccc32)C1Cl. The first-order valence-electron chi connectivity index (χ1n) is 9.60. The smallest absolute Gasteiger partial charge is 0.0946 e.